The molecule has 0 unspecified atom stereocenters. The normalized spacial score (nSPS) is 10.4. The van der Waals surface area contributed by atoms with Gasteiger partial charge in [-0.1, -0.05) is 13.0 Å². The number of benzene rings is 1. The molecule has 2 rings (SSSR count). The summed E-state index contributed by atoms with van der Waals surface area (Å²) in [4.78, 5) is 11.4. The Morgan fingerprint density at radius 2 is 2.06 bits per heavy atom. The van der Waals surface area contributed by atoms with Crippen LogP contribution in [-0.2, 0) is 13.5 Å². The minimum absolute atomic E-state index is 0.134. The smallest absolute Gasteiger partial charge is 0.252 e. The van der Waals surface area contributed by atoms with Crippen LogP contribution in [0.15, 0.2) is 41.3 Å². The summed E-state index contributed by atoms with van der Waals surface area (Å²) in [6, 6.07) is 8.23. The molecule has 18 heavy (non-hydrogen) atoms. The van der Waals surface area contributed by atoms with Gasteiger partial charge in [-0.05, 0) is 30.2 Å². The molecule has 3 nitrogen and oxygen atoms in total. The van der Waals surface area contributed by atoms with E-state index in [1.54, 1.807) is 25.4 Å². The molecule has 0 aliphatic carbocycles. The van der Waals surface area contributed by atoms with Crippen molar-refractivity contribution in [3.8, 4) is 0 Å². The SMILES string of the molecule is CCc1ccc(Nc2ccn(C)c(=O)c2)c(F)c1. The first kappa shape index (κ1) is 12.4. The summed E-state index contributed by atoms with van der Waals surface area (Å²) in [6.07, 6.45) is 2.44. The van der Waals surface area contributed by atoms with Gasteiger partial charge in [-0.3, -0.25) is 4.79 Å². The molecule has 0 radical (unpaired) electrons. The van der Waals surface area contributed by atoms with Gasteiger partial charge >= 0.3 is 0 Å². The maximum absolute atomic E-state index is 13.8. The number of aromatic nitrogens is 1. The average molecular weight is 246 g/mol. The second-order valence-electron chi connectivity index (χ2n) is 4.16. The fraction of sp³-hybridized carbons (Fsp3) is 0.214. The van der Waals surface area contributed by atoms with Gasteiger partial charge in [-0.2, -0.15) is 0 Å². The van der Waals surface area contributed by atoms with Crippen molar-refractivity contribution in [2.45, 2.75) is 13.3 Å². The van der Waals surface area contributed by atoms with Crippen LogP contribution in [0, 0.1) is 5.82 Å². The van der Waals surface area contributed by atoms with Crippen LogP contribution in [0.4, 0.5) is 15.8 Å². The summed E-state index contributed by atoms with van der Waals surface area (Å²) in [5.41, 5.74) is 1.77. The zero-order chi connectivity index (χ0) is 13.1. The van der Waals surface area contributed by atoms with Crippen LogP contribution < -0.4 is 10.9 Å². The Balaban J connectivity index is 2.28. The van der Waals surface area contributed by atoms with Gasteiger partial charge in [0.25, 0.3) is 5.56 Å². The van der Waals surface area contributed by atoms with E-state index in [9.17, 15) is 9.18 Å². The van der Waals surface area contributed by atoms with Gasteiger partial charge in [0.2, 0.25) is 0 Å². The number of nitrogens with zero attached hydrogens (tertiary/aromatic N) is 1. The lowest BCUT2D eigenvalue weighted by Crippen LogP contribution is -2.14. The Labute approximate surface area is 105 Å². The van der Waals surface area contributed by atoms with Crippen LogP contribution >= 0.6 is 0 Å². The molecule has 0 atom stereocenters. The topological polar surface area (TPSA) is 34.0 Å². The Bertz CT molecular complexity index is 619. The molecule has 0 saturated heterocycles. The fourth-order valence-electron chi connectivity index (χ4n) is 1.66. The lowest BCUT2D eigenvalue weighted by atomic mass is 10.1. The molecule has 4 heteroatoms. The van der Waals surface area contributed by atoms with E-state index in [-0.39, 0.29) is 11.4 Å². The number of nitrogens with one attached hydrogen (secondary N) is 1. The summed E-state index contributed by atoms with van der Waals surface area (Å²) in [5, 5.41) is 2.90. The van der Waals surface area contributed by atoms with Crippen molar-refractivity contribution in [2.75, 3.05) is 5.32 Å². The molecule has 94 valence electrons. The van der Waals surface area contributed by atoms with Crippen LogP contribution in [0.3, 0.4) is 0 Å². The molecule has 0 aliphatic heterocycles. The summed E-state index contributed by atoms with van der Waals surface area (Å²) in [6.45, 7) is 1.97. The van der Waals surface area contributed by atoms with Gasteiger partial charge in [-0.15, -0.1) is 0 Å². The highest BCUT2D eigenvalue weighted by Gasteiger charge is 2.04. The first-order chi connectivity index (χ1) is 8.60. The predicted octanol–water partition coefficient (Wildman–Crippen LogP) is 2.83. The van der Waals surface area contributed by atoms with Crippen LogP contribution in [0.5, 0.6) is 0 Å². The third kappa shape index (κ3) is 2.59. The first-order valence-electron chi connectivity index (χ1n) is 5.82. The minimum atomic E-state index is -0.310. The van der Waals surface area contributed by atoms with Crippen molar-refractivity contribution in [1.82, 2.24) is 4.57 Å². The van der Waals surface area contributed by atoms with Crippen molar-refractivity contribution in [3.05, 3.63) is 58.3 Å². The minimum Gasteiger partial charge on any atom is -0.353 e. The molecule has 0 fully saturated rings. The molecule has 1 aromatic heterocycles. The monoisotopic (exact) mass is 246 g/mol. The average Bonchev–Trinajstić information content (AvgIpc) is 2.36. The summed E-state index contributed by atoms with van der Waals surface area (Å²) in [5.74, 6) is -0.310. The van der Waals surface area contributed by atoms with Crippen LogP contribution in [0.2, 0.25) is 0 Å². The van der Waals surface area contributed by atoms with Crippen molar-refractivity contribution in [1.29, 1.82) is 0 Å². The highest BCUT2D eigenvalue weighted by molar-refractivity contribution is 5.59. The van der Waals surface area contributed by atoms with Gasteiger partial charge in [-0.25, -0.2) is 4.39 Å². The van der Waals surface area contributed by atoms with E-state index < -0.39 is 0 Å². The predicted molar refractivity (Wildman–Crippen MR) is 70.7 cm³/mol. The third-order valence-corrected chi connectivity index (χ3v) is 2.83. The van der Waals surface area contributed by atoms with E-state index in [4.69, 9.17) is 0 Å². The molecule has 0 saturated carbocycles. The van der Waals surface area contributed by atoms with E-state index in [1.807, 2.05) is 13.0 Å². The largest absolute Gasteiger partial charge is 0.353 e. The molecule has 0 amide bonds. The Kier molecular flexibility index (Phi) is 3.46. The number of halogens is 1. The van der Waals surface area contributed by atoms with Crippen LogP contribution in [-0.4, -0.2) is 4.57 Å². The Morgan fingerprint density at radius 1 is 1.28 bits per heavy atom. The highest BCUT2D eigenvalue weighted by Crippen LogP contribution is 2.20. The number of aryl methyl sites for hydroxylation is 2. The second-order valence-corrected chi connectivity index (χ2v) is 4.16. The summed E-state index contributed by atoms with van der Waals surface area (Å²) >= 11 is 0. The molecule has 2 aromatic rings. The number of hydrogen-bond acceptors (Lipinski definition) is 2. The highest BCUT2D eigenvalue weighted by atomic mass is 19.1. The zero-order valence-corrected chi connectivity index (χ0v) is 10.4. The lowest BCUT2D eigenvalue weighted by Gasteiger charge is -2.09. The van der Waals surface area contributed by atoms with E-state index in [0.29, 0.717) is 11.4 Å². The van der Waals surface area contributed by atoms with Gasteiger partial charge in [0.15, 0.2) is 0 Å². The molecular formula is C14H15FN2O. The van der Waals surface area contributed by atoms with Gasteiger partial charge < -0.3 is 9.88 Å². The van der Waals surface area contributed by atoms with Crippen molar-refractivity contribution < 1.29 is 4.39 Å². The third-order valence-electron chi connectivity index (χ3n) is 2.83. The van der Waals surface area contributed by atoms with Crippen molar-refractivity contribution in [2.24, 2.45) is 7.05 Å². The van der Waals surface area contributed by atoms with Crippen LogP contribution in [0.25, 0.3) is 0 Å². The van der Waals surface area contributed by atoms with E-state index in [1.165, 1.54) is 16.7 Å². The molecule has 1 N–H and O–H groups in total. The molecule has 1 aromatic carbocycles. The maximum atomic E-state index is 13.8. The second kappa shape index (κ2) is 5.04. The van der Waals surface area contributed by atoms with E-state index in [2.05, 4.69) is 5.32 Å². The van der Waals surface area contributed by atoms with E-state index >= 15 is 0 Å². The number of rotatable bonds is 3. The fourth-order valence-corrected chi connectivity index (χ4v) is 1.66. The van der Waals surface area contributed by atoms with Gasteiger partial charge in [0.1, 0.15) is 5.82 Å². The van der Waals surface area contributed by atoms with E-state index in [0.717, 1.165) is 12.0 Å². The number of hydrogen-bond donors (Lipinski definition) is 1. The summed E-state index contributed by atoms with van der Waals surface area (Å²) in [7, 11) is 1.67. The molecular weight excluding hydrogens is 231 g/mol. The molecule has 1 heterocycles. The first-order valence-corrected chi connectivity index (χ1v) is 5.82. The van der Waals surface area contributed by atoms with Crippen LogP contribution in [0.1, 0.15) is 12.5 Å². The molecule has 0 spiro atoms. The van der Waals surface area contributed by atoms with Gasteiger partial charge in [0, 0.05) is 25.0 Å². The Hall–Kier alpha value is -2.10. The molecule has 0 bridgehead atoms. The zero-order valence-electron chi connectivity index (χ0n) is 10.4. The lowest BCUT2D eigenvalue weighted by molar-refractivity contribution is 0.630. The molecule has 0 aliphatic rings. The number of anilines is 2. The Morgan fingerprint density at radius 3 is 2.67 bits per heavy atom. The van der Waals surface area contributed by atoms with Crippen molar-refractivity contribution in [3.63, 3.8) is 0 Å². The summed E-state index contributed by atoms with van der Waals surface area (Å²) < 4.78 is 15.2. The maximum Gasteiger partial charge on any atom is 0.252 e. The standard InChI is InChI=1S/C14H15FN2O/c1-3-10-4-5-13(12(15)8-10)16-11-6-7-17(2)14(18)9-11/h4-9,16H,3H2,1-2H3. The van der Waals surface area contributed by atoms with Gasteiger partial charge in [0.05, 0.1) is 5.69 Å². The quantitative estimate of drug-likeness (QED) is 0.903. The number of pyridine rings is 1. The van der Waals surface area contributed by atoms with Crippen molar-refractivity contribution >= 4 is 11.4 Å².